The molecule has 8 heteroatoms. The summed E-state index contributed by atoms with van der Waals surface area (Å²) >= 11 is 1.09. The average Bonchev–Trinajstić information content (AvgIpc) is 2.88. The van der Waals surface area contributed by atoms with Crippen LogP contribution in [0, 0.1) is 0 Å². The average molecular weight is 279 g/mol. The summed E-state index contributed by atoms with van der Waals surface area (Å²) in [6, 6.07) is 0.254. The number of anilines is 1. The fourth-order valence-electron chi connectivity index (χ4n) is 1.46. The molecule has 1 amide bonds. The van der Waals surface area contributed by atoms with Gasteiger partial charge in [0.15, 0.2) is 0 Å². The second kappa shape index (κ2) is 6.19. The molecule has 100 valence electrons. The molecule has 0 unspecified atom stereocenters. The van der Waals surface area contributed by atoms with Gasteiger partial charge < -0.3 is 10.1 Å². The first kappa shape index (κ1) is 13.3. The lowest BCUT2D eigenvalue weighted by Gasteiger charge is -2.04. The Morgan fingerprint density at radius 3 is 2.79 bits per heavy atom. The van der Waals surface area contributed by atoms with E-state index >= 15 is 0 Å². The van der Waals surface area contributed by atoms with Crippen molar-refractivity contribution in [3.8, 4) is 6.01 Å². The molecule has 0 saturated carbocycles. The lowest BCUT2D eigenvalue weighted by atomic mass is 10.2. The van der Waals surface area contributed by atoms with Gasteiger partial charge in [0, 0.05) is 0 Å². The van der Waals surface area contributed by atoms with Gasteiger partial charge in [0.05, 0.1) is 30.9 Å². The minimum absolute atomic E-state index is 0.243. The number of aromatic nitrogens is 4. The summed E-state index contributed by atoms with van der Waals surface area (Å²) in [5, 5.41) is 6.66. The van der Waals surface area contributed by atoms with E-state index in [1.807, 2.05) is 6.92 Å². The van der Waals surface area contributed by atoms with Crippen LogP contribution in [0.2, 0.25) is 0 Å². The van der Waals surface area contributed by atoms with Crippen LogP contribution in [0.25, 0.3) is 0 Å². The number of aryl methyl sites for hydroxylation is 1. The van der Waals surface area contributed by atoms with Crippen LogP contribution in [0.1, 0.15) is 28.7 Å². The zero-order valence-electron chi connectivity index (χ0n) is 10.6. The highest BCUT2D eigenvalue weighted by molar-refractivity contribution is 7.08. The molecule has 0 bridgehead atoms. The van der Waals surface area contributed by atoms with Crippen molar-refractivity contribution in [2.45, 2.75) is 19.8 Å². The molecule has 2 heterocycles. The minimum atomic E-state index is -0.243. The third-order valence-electron chi connectivity index (χ3n) is 2.32. The van der Waals surface area contributed by atoms with Crippen LogP contribution in [0.15, 0.2) is 12.4 Å². The van der Waals surface area contributed by atoms with Crippen LogP contribution in [0.4, 0.5) is 5.69 Å². The summed E-state index contributed by atoms with van der Waals surface area (Å²) < 4.78 is 8.65. The van der Waals surface area contributed by atoms with Gasteiger partial charge in [0.2, 0.25) is 0 Å². The maximum atomic E-state index is 12.1. The molecule has 0 saturated heterocycles. The second-order valence-electron chi connectivity index (χ2n) is 3.71. The van der Waals surface area contributed by atoms with Gasteiger partial charge in [-0.3, -0.25) is 4.79 Å². The van der Waals surface area contributed by atoms with Crippen LogP contribution >= 0.6 is 11.5 Å². The summed E-state index contributed by atoms with van der Waals surface area (Å²) in [6.07, 6.45) is 4.62. The molecule has 7 nitrogen and oxygen atoms in total. The van der Waals surface area contributed by atoms with Crippen molar-refractivity contribution in [1.29, 1.82) is 0 Å². The van der Waals surface area contributed by atoms with Gasteiger partial charge >= 0.3 is 6.01 Å². The SMILES string of the molecule is CCCc1nnsc1C(=O)Nc1cnc(OC)nc1. The molecular weight excluding hydrogens is 266 g/mol. The van der Waals surface area contributed by atoms with E-state index in [4.69, 9.17) is 4.74 Å². The number of hydrogen-bond donors (Lipinski definition) is 1. The van der Waals surface area contributed by atoms with Gasteiger partial charge in [0.25, 0.3) is 5.91 Å². The zero-order valence-corrected chi connectivity index (χ0v) is 11.4. The monoisotopic (exact) mass is 279 g/mol. The molecule has 0 fully saturated rings. The number of carbonyl (C=O) groups is 1. The Hall–Kier alpha value is -2.09. The number of rotatable bonds is 5. The Kier molecular flexibility index (Phi) is 4.35. The fourth-order valence-corrected chi connectivity index (χ4v) is 2.06. The number of carbonyl (C=O) groups excluding carboxylic acids is 1. The van der Waals surface area contributed by atoms with Crippen LogP contribution in [0.3, 0.4) is 0 Å². The molecule has 2 aromatic heterocycles. The highest BCUT2D eigenvalue weighted by Gasteiger charge is 2.16. The quantitative estimate of drug-likeness (QED) is 0.893. The molecule has 0 aliphatic carbocycles. The number of methoxy groups -OCH3 is 1. The largest absolute Gasteiger partial charge is 0.467 e. The molecule has 19 heavy (non-hydrogen) atoms. The smallest absolute Gasteiger partial charge is 0.316 e. The number of nitrogens with zero attached hydrogens (tertiary/aromatic N) is 4. The molecule has 0 spiro atoms. The lowest BCUT2D eigenvalue weighted by molar-refractivity contribution is 0.102. The first-order valence-corrected chi connectivity index (χ1v) is 6.50. The number of amides is 1. The van der Waals surface area contributed by atoms with E-state index in [1.54, 1.807) is 0 Å². The Bertz CT molecular complexity index is 554. The van der Waals surface area contributed by atoms with E-state index in [-0.39, 0.29) is 11.9 Å². The molecule has 2 aromatic rings. The van der Waals surface area contributed by atoms with Crippen molar-refractivity contribution in [1.82, 2.24) is 19.6 Å². The van der Waals surface area contributed by atoms with Gasteiger partial charge in [-0.25, -0.2) is 9.97 Å². The van der Waals surface area contributed by atoms with Gasteiger partial charge in [-0.15, -0.1) is 5.10 Å². The first-order valence-electron chi connectivity index (χ1n) is 5.73. The highest BCUT2D eigenvalue weighted by atomic mass is 32.1. The summed E-state index contributed by atoms with van der Waals surface area (Å²) in [4.78, 5) is 20.4. The number of nitrogens with one attached hydrogen (secondary N) is 1. The van der Waals surface area contributed by atoms with E-state index in [0.717, 1.165) is 30.1 Å². The van der Waals surface area contributed by atoms with E-state index in [1.165, 1.54) is 19.5 Å². The fraction of sp³-hybridized carbons (Fsp3) is 0.364. The maximum Gasteiger partial charge on any atom is 0.316 e. The molecular formula is C11H13N5O2S. The van der Waals surface area contributed by atoms with Crippen molar-refractivity contribution < 1.29 is 9.53 Å². The summed E-state index contributed by atoms with van der Waals surface area (Å²) in [6.45, 7) is 2.03. The molecule has 2 rings (SSSR count). The zero-order chi connectivity index (χ0) is 13.7. The molecule has 0 radical (unpaired) electrons. The number of ether oxygens (including phenoxy) is 1. The van der Waals surface area contributed by atoms with Crippen LogP contribution in [-0.2, 0) is 6.42 Å². The van der Waals surface area contributed by atoms with E-state index in [0.29, 0.717) is 10.6 Å². The predicted octanol–water partition coefficient (Wildman–Crippen LogP) is 1.54. The summed E-state index contributed by atoms with van der Waals surface area (Å²) in [7, 11) is 1.48. The Labute approximate surface area is 114 Å². The molecule has 0 atom stereocenters. The second-order valence-corrected chi connectivity index (χ2v) is 4.47. The highest BCUT2D eigenvalue weighted by Crippen LogP contribution is 2.15. The maximum absolute atomic E-state index is 12.1. The third kappa shape index (κ3) is 3.22. The van der Waals surface area contributed by atoms with Crippen molar-refractivity contribution >= 4 is 23.1 Å². The van der Waals surface area contributed by atoms with Gasteiger partial charge in [-0.2, -0.15) is 0 Å². The van der Waals surface area contributed by atoms with Crippen LogP contribution in [0.5, 0.6) is 6.01 Å². The van der Waals surface area contributed by atoms with Crippen molar-refractivity contribution in [2.75, 3.05) is 12.4 Å². The summed E-state index contributed by atoms with van der Waals surface area (Å²) in [5.74, 6) is -0.243. The molecule has 1 N–H and O–H groups in total. The Balaban J connectivity index is 2.09. The van der Waals surface area contributed by atoms with Crippen molar-refractivity contribution in [3.63, 3.8) is 0 Å². The third-order valence-corrected chi connectivity index (χ3v) is 3.08. The van der Waals surface area contributed by atoms with Gasteiger partial charge in [0.1, 0.15) is 4.88 Å². The molecule has 0 aliphatic rings. The van der Waals surface area contributed by atoms with Crippen molar-refractivity contribution in [2.24, 2.45) is 0 Å². The Morgan fingerprint density at radius 2 is 2.16 bits per heavy atom. The van der Waals surface area contributed by atoms with Crippen LogP contribution in [-0.4, -0.2) is 32.6 Å². The minimum Gasteiger partial charge on any atom is -0.467 e. The lowest BCUT2D eigenvalue weighted by Crippen LogP contribution is -2.13. The van der Waals surface area contributed by atoms with Gasteiger partial charge in [-0.1, -0.05) is 17.8 Å². The normalized spacial score (nSPS) is 10.2. The van der Waals surface area contributed by atoms with Crippen molar-refractivity contribution in [3.05, 3.63) is 23.0 Å². The molecule has 0 aromatic carbocycles. The van der Waals surface area contributed by atoms with Gasteiger partial charge in [-0.05, 0) is 18.0 Å². The van der Waals surface area contributed by atoms with E-state index in [2.05, 4.69) is 24.9 Å². The first-order chi connectivity index (χ1) is 9.24. The van der Waals surface area contributed by atoms with E-state index < -0.39 is 0 Å². The topological polar surface area (TPSA) is 89.9 Å². The Morgan fingerprint density at radius 1 is 1.42 bits per heavy atom. The predicted molar refractivity (Wildman–Crippen MR) is 70.4 cm³/mol. The standard InChI is InChI=1S/C11H13N5O2S/c1-3-4-8-9(19-16-15-8)10(17)14-7-5-12-11(18-2)13-6-7/h5-6H,3-4H2,1-2H3,(H,14,17). The van der Waals surface area contributed by atoms with Crippen LogP contribution < -0.4 is 10.1 Å². The summed E-state index contributed by atoms with van der Waals surface area (Å²) in [5.41, 5.74) is 1.22. The molecule has 0 aliphatic heterocycles. The van der Waals surface area contributed by atoms with E-state index in [9.17, 15) is 4.79 Å². The number of hydrogen-bond acceptors (Lipinski definition) is 7.